The Hall–Kier alpha value is -1.75. The summed E-state index contributed by atoms with van der Waals surface area (Å²) >= 11 is 0. The summed E-state index contributed by atoms with van der Waals surface area (Å²) in [5.74, 6) is -0.00141. The van der Waals surface area contributed by atoms with Crippen LogP contribution in [0.4, 0.5) is 11.4 Å². The molecular formula is C16H26N4O. The van der Waals surface area contributed by atoms with Gasteiger partial charge in [-0.15, -0.1) is 0 Å². The molecule has 5 nitrogen and oxygen atoms in total. The summed E-state index contributed by atoms with van der Waals surface area (Å²) in [6, 6.07) is 6.37. The average molecular weight is 290 g/mol. The molecule has 5 heteroatoms. The summed E-state index contributed by atoms with van der Waals surface area (Å²) in [6.07, 6.45) is 2.14. The second-order valence-electron chi connectivity index (χ2n) is 6.20. The number of benzene rings is 1. The molecule has 0 radical (unpaired) electrons. The lowest BCUT2D eigenvalue weighted by Crippen LogP contribution is -2.42. The van der Waals surface area contributed by atoms with Gasteiger partial charge in [-0.25, -0.2) is 0 Å². The maximum absolute atomic E-state index is 12.3. The van der Waals surface area contributed by atoms with E-state index in [2.05, 4.69) is 24.2 Å². The van der Waals surface area contributed by atoms with Gasteiger partial charge in [0.1, 0.15) is 0 Å². The van der Waals surface area contributed by atoms with Crippen molar-refractivity contribution < 1.29 is 4.79 Å². The zero-order valence-electron chi connectivity index (χ0n) is 13.4. The van der Waals surface area contributed by atoms with Gasteiger partial charge in [0.2, 0.25) is 0 Å². The van der Waals surface area contributed by atoms with Gasteiger partial charge < -0.3 is 20.9 Å². The Morgan fingerprint density at radius 1 is 1.43 bits per heavy atom. The van der Waals surface area contributed by atoms with Crippen LogP contribution < -0.4 is 11.1 Å². The van der Waals surface area contributed by atoms with Crippen molar-refractivity contribution in [3.63, 3.8) is 0 Å². The van der Waals surface area contributed by atoms with Gasteiger partial charge in [0.25, 0.3) is 5.91 Å². The Bertz CT molecular complexity index is 515. The Labute approximate surface area is 127 Å². The van der Waals surface area contributed by atoms with Crippen molar-refractivity contribution in [2.45, 2.75) is 31.8 Å². The molecule has 2 atom stereocenters. The van der Waals surface area contributed by atoms with E-state index in [1.165, 1.54) is 0 Å². The van der Waals surface area contributed by atoms with E-state index >= 15 is 0 Å². The van der Waals surface area contributed by atoms with Crippen LogP contribution in [0.2, 0.25) is 0 Å². The maximum atomic E-state index is 12.3. The topological polar surface area (TPSA) is 61.6 Å². The fourth-order valence-electron chi connectivity index (χ4n) is 2.75. The number of anilines is 2. The Morgan fingerprint density at radius 2 is 2.14 bits per heavy atom. The number of nitrogens with two attached hydrogens (primary N) is 1. The van der Waals surface area contributed by atoms with E-state index in [9.17, 15) is 4.79 Å². The molecule has 1 amide bonds. The number of piperidine rings is 1. The summed E-state index contributed by atoms with van der Waals surface area (Å²) in [5, 5.41) is 3.52. The molecule has 0 bridgehead atoms. The highest BCUT2D eigenvalue weighted by Gasteiger charge is 2.24. The van der Waals surface area contributed by atoms with Crippen LogP contribution in [0.1, 0.15) is 30.1 Å². The van der Waals surface area contributed by atoms with Gasteiger partial charge in [-0.3, -0.25) is 4.79 Å². The largest absolute Gasteiger partial charge is 0.399 e. The van der Waals surface area contributed by atoms with Crippen molar-refractivity contribution in [2.24, 2.45) is 0 Å². The summed E-state index contributed by atoms with van der Waals surface area (Å²) in [4.78, 5) is 16.2. The molecule has 0 saturated carbocycles. The van der Waals surface area contributed by atoms with Crippen LogP contribution >= 0.6 is 0 Å². The van der Waals surface area contributed by atoms with E-state index in [0.29, 0.717) is 23.3 Å². The highest BCUT2D eigenvalue weighted by Crippen LogP contribution is 2.25. The standard InChI is InChI=1S/C16H26N4O/c1-11-9-13(7-8-20(11)4)18-15-10-12(17)5-6-14(15)16(21)19(2)3/h5-6,10-11,13,18H,7-9,17H2,1-4H3. The highest BCUT2D eigenvalue weighted by molar-refractivity contribution is 6.00. The van der Waals surface area contributed by atoms with Gasteiger partial charge in [-0.1, -0.05) is 0 Å². The van der Waals surface area contributed by atoms with Crippen molar-refractivity contribution in [1.29, 1.82) is 0 Å². The van der Waals surface area contributed by atoms with Gasteiger partial charge in [-0.05, 0) is 45.0 Å². The normalized spacial score (nSPS) is 22.9. The number of nitrogens with one attached hydrogen (secondary N) is 1. The van der Waals surface area contributed by atoms with E-state index < -0.39 is 0 Å². The monoisotopic (exact) mass is 290 g/mol. The first kappa shape index (κ1) is 15.6. The number of nitrogen functional groups attached to an aromatic ring is 1. The van der Waals surface area contributed by atoms with E-state index in [4.69, 9.17) is 5.73 Å². The molecule has 1 aromatic carbocycles. The SMILES string of the molecule is CC1CC(Nc2cc(N)ccc2C(=O)N(C)C)CCN1C. The van der Waals surface area contributed by atoms with Crippen molar-refractivity contribution >= 4 is 17.3 Å². The number of hydrogen-bond donors (Lipinski definition) is 2. The summed E-state index contributed by atoms with van der Waals surface area (Å²) in [6.45, 7) is 3.30. The fourth-order valence-corrected chi connectivity index (χ4v) is 2.75. The molecule has 1 aromatic rings. The number of rotatable bonds is 3. The Morgan fingerprint density at radius 3 is 2.76 bits per heavy atom. The molecule has 3 N–H and O–H groups in total. The van der Waals surface area contributed by atoms with Crippen molar-refractivity contribution in [3.8, 4) is 0 Å². The molecule has 0 aliphatic carbocycles. The first-order chi connectivity index (χ1) is 9.88. The Balaban J connectivity index is 2.19. The molecule has 1 fully saturated rings. The first-order valence-electron chi connectivity index (χ1n) is 7.46. The quantitative estimate of drug-likeness (QED) is 0.834. The maximum Gasteiger partial charge on any atom is 0.255 e. The van der Waals surface area contributed by atoms with Crippen LogP contribution in [0.25, 0.3) is 0 Å². The Kier molecular flexibility index (Phi) is 4.73. The number of carbonyl (C=O) groups excluding carboxylic acids is 1. The van der Waals surface area contributed by atoms with Crippen molar-refractivity contribution in [3.05, 3.63) is 23.8 Å². The van der Waals surface area contributed by atoms with Crippen molar-refractivity contribution in [1.82, 2.24) is 9.80 Å². The van der Waals surface area contributed by atoms with Crippen LogP contribution in [0.15, 0.2) is 18.2 Å². The van der Waals surface area contributed by atoms with Crippen LogP contribution in [0, 0.1) is 0 Å². The van der Waals surface area contributed by atoms with Crippen LogP contribution in [-0.2, 0) is 0 Å². The second kappa shape index (κ2) is 6.35. The molecule has 0 aromatic heterocycles. The number of carbonyl (C=O) groups is 1. The summed E-state index contributed by atoms with van der Waals surface area (Å²) < 4.78 is 0. The summed E-state index contributed by atoms with van der Waals surface area (Å²) in [5.41, 5.74) is 8.08. The molecule has 0 spiro atoms. The predicted octanol–water partition coefficient (Wildman–Crippen LogP) is 1.87. The van der Waals surface area contributed by atoms with Gasteiger partial charge in [-0.2, -0.15) is 0 Å². The zero-order chi connectivity index (χ0) is 15.6. The first-order valence-corrected chi connectivity index (χ1v) is 7.46. The van der Waals surface area contributed by atoms with E-state index in [1.807, 2.05) is 6.07 Å². The van der Waals surface area contributed by atoms with E-state index in [-0.39, 0.29) is 5.91 Å². The lowest BCUT2D eigenvalue weighted by molar-refractivity contribution is 0.0828. The molecular weight excluding hydrogens is 264 g/mol. The zero-order valence-corrected chi connectivity index (χ0v) is 13.4. The number of amides is 1. The molecule has 21 heavy (non-hydrogen) atoms. The van der Waals surface area contributed by atoms with Gasteiger partial charge in [0.05, 0.1) is 5.56 Å². The van der Waals surface area contributed by atoms with Crippen LogP contribution in [0.5, 0.6) is 0 Å². The molecule has 1 saturated heterocycles. The van der Waals surface area contributed by atoms with Crippen LogP contribution in [-0.4, -0.2) is 55.5 Å². The third-order valence-corrected chi connectivity index (χ3v) is 4.25. The van der Waals surface area contributed by atoms with E-state index in [0.717, 1.165) is 25.1 Å². The lowest BCUT2D eigenvalue weighted by atomic mass is 9.98. The number of hydrogen-bond acceptors (Lipinski definition) is 4. The third-order valence-electron chi connectivity index (χ3n) is 4.25. The minimum Gasteiger partial charge on any atom is -0.399 e. The van der Waals surface area contributed by atoms with Gasteiger partial charge in [0.15, 0.2) is 0 Å². The fraction of sp³-hybridized carbons (Fsp3) is 0.562. The van der Waals surface area contributed by atoms with E-state index in [1.54, 1.807) is 31.1 Å². The smallest absolute Gasteiger partial charge is 0.255 e. The minimum absolute atomic E-state index is 0.00141. The summed E-state index contributed by atoms with van der Waals surface area (Å²) in [7, 11) is 5.68. The van der Waals surface area contributed by atoms with Gasteiger partial charge >= 0.3 is 0 Å². The molecule has 2 unspecified atom stereocenters. The lowest BCUT2D eigenvalue weighted by Gasteiger charge is -2.36. The molecule has 116 valence electrons. The van der Waals surface area contributed by atoms with Crippen LogP contribution in [0.3, 0.4) is 0 Å². The third kappa shape index (κ3) is 3.67. The molecule has 2 rings (SSSR count). The van der Waals surface area contributed by atoms with Crippen molar-refractivity contribution in [2.75, 3.05) is 38.7 Å². The number of nitrogens with zero attached hydrogens (tertiary/aromatic N) is 2. The number of likely N-dealkylation sites (tertiary alicyclic amines) is 1. The molecule has 1 heterocycles. The molecule has 1 aliphatic heterocycles. The molecule has 1 aliphatic rings. The minimum atomic E-state index is -0.00141. The highest BCUT2D eigenvalue weighted by atomic mass is 16.2. The average Bonchev–Trinajstić information content (AvgIpc) is 2.42. The second-order valence-corrected chi connectivity index (χ2v) is 6.20. The van der Waals surface area contributed by atoms with Gasteiger partial charge in [0, 0.05) is 44.1 Å². The predicted molar refractivity (Wildman–Crippen MR) is 87.6 cm³/mol.